The van der Waals surface area contributed by atoms with Crippen LogP contribution in [0.2, 0.25) is 0 Å². The quantitative estimate of drug-likeness (QED) is 0.223. The number of carbonyl (C=O) groups excluding carboxylic acids is 1. The Bertz CT molecular complexity index is 662. The number of hydroxylamine groups is 1. The molecule has 2 bridgehead atoms. The van der Waals surface area contributed by atoms with Crippen molar-refractivity contribution in [2.24, 2.45) is 11.8 Å². The maximum Gasteiger partial charge on any atom is 0.243 e. The number of unbranched alkanes of at least 4 members (excludes halogenated alkanes) is 1. The summed E-state index contributed by atoms with van der Waals surface area (Å²) >= 11 is 0. The molecule has 0 aliphatic carbocycles. The number of rotatable bonds is 11. The summed E-state index contributed by atoms with van der Waals surface area (Å²) in [6.07, 6.45) is 11.8. The van der Waals surface area contributed by atoms with Gasteiger partial charge in [0.05, 0.1) is 18.3 Å². The van der Waals surface area contributed by atoms with Crippen LogP contribution in [0.5, 0.6) is 0 Å². The molecule has 29 heavy (non-hydrogen) atoms. The van der Waals surface area contributed by atoms with Crippen molar-refractivity contribution >= 4 is 5.91 Å². The molecule has 1 aromatic carbocycles. The molecule has 2 fully saturated rings. The van der Waals surface area contributed by atoms with Gasteiger partial charge in [-0.05, 0) is 62.3 Å². The number of allylic oxidation sites excluding steroid dienone is 2. The van der Waals surface area contributed by atoms with E-state index < -0.39 is 0 Å². The molecule has 0 aromatic heterocycles. The van der Waals surface area contributed by atoms with E-state index in [4.69, 9.17) is 9.94 Å². The number of hydrogen-bond acceptors (Lipinski definition) is 4. The third-order valence-corrected chi connectivity index (χ3v) is 6.76. The minimum Gasteiger partial charge on any atom is -0.393 e. The minimum atomic E-state index is -0.330. The lowest BCUT2D eigenvalue weighted by Gasteiger charge is -2.29. The Morgan fingerprint density at radius 2 is 1.93 bits per heavy atom. The third-order valence-electron chi connectivity index (χ3n) is 6.76. The Balaban J connectivity index is 1.45. The average molecular weight is 402 g/mol. The van der Waals surface area contributed by atoms with Gasteiger partial charge in [-0.15, -0.1) is 0 Å². The van der Waals surface area contributed by atoms with Gasteiger partial charge in [-0.25, -0.2) is 5.48 Å². The van der Waals surface area contributed by atoms with Gasteiger partial charge in [-0.1, -0.05) is 49.4 Å². The predicted octanol–water partition coefficient (Wildman–Crippen LogP) is 4.35. The van der Waals surface area contributed by atoms with Gasteiger partial charge < -0.3 is 9.84 Å². The zero-order chi connectivity index (χ0) is 20.6. The summed E-state index contributed by atoms with van der Waals surface area (Å²) in [4.78, 5) is 11.0. The fourth-order valence-electron chi connectivity index (χ4n) is 5.00. The van der Waals surface area contributed by atoms with Crippen molar-refractivity contribution in [3.05, 3.63) is 48.0 Å². The van der Waals surface area contributed by atoms with E-state index >= 15 is 0 Å². The Labute approximate surface area is 174 Å². The molecular weight excluding hydrogens is 366 g/mol. The molecule has 6 atom stereocenters. The molecule has 2 aliphatic heterocycles. The predicted molar refractivity (Wildman–Crippen MR) is 113 cm³/mol. The van der Waals surface area contributed by atoms with E-state index in [-0.39, 0.29) is 17.9 Å². The molecule has 2 heterocycles. The molecule has 0 spiro atoms. The van der Waals surface area contributed by atoms with E-state index in [9.17, 15) is 9.90 Å². The molecule has 2 saturated heterocycles. The molecule has 5 nitrogen and oxygen atoms in total. The van der Waals surface area contributed by atoms with Crippen LogP contribution >= 0.6 is 0 Å². The summed E-state index contributed by atoms with van der Waals surface area (Å²) < 4.78 is 6.20. The molecule has 0 saturated carbocycles. The zero-order valence-electron chi connectivity index (χ0n) is 17.4. The summed E-state index contributed by atoms with van der Waals surface area (Å²) in [5.74, 6) is 0.870. The van der Waals surface area contributed by atoms with E-state index in [1.807, 2.05) is 18.2 Å². The van der Waals surface area contributed by atoms with Gasteiger partial charge in [0.2, 0.25) is 5.91 Å². The van der Waals surface area contributed by atoms with Crippen LogP contribution in [0.3, 0.4) is 0 Å². The monoisotopic (exact) mass is 401 g/mol. The number of benzene rings is 1. The molecular formula is C24H35NO4. The Hall–Kier alpha value is -1.69. The molecule has 3 N–H and O–H groups in total. The standard InChI is InChI=1S/C24H35NO4/c1-17(18-9-5-4-6-10-18)21(26)14-13-20-19(22-15-16-23(20)29-22)11-7-2-3-8-12-24(27)25-28/h2,4-7,9-10,17,19-23,26,28H,3,8,11-16H2,1H3,(H,25,27)/b7-2-/t17?,19-,20+,21?,22-,23+/m0/s1. The van der Waals surface area contributed by atoms with Crippen molar-refractivity contribution in [3.8, 4) is 0 Å². The van der Waals surface area contributed by atoms with Crippen LogP contribution in [0.1, 0.15) is 69.8 Å². The van der Waals surface area contributed by atoms with Crippen molar-refractivity contribution in [1.29, 1.82) is 0 Å². The third kappa shape index (κ3) is 5.91. The van der Waals surface area contributed by atoms with Gasteiger partial charge in [-0.2, -0.15) is 0 Å². The maximum absolute atomic E-state index is 11.0. The first-order valence-electron chi connectivity index (χ1n) is 11.1. The van der Waals surface area contributed by atoms with Crippen molar-refractivity contribution in [3.63, 3.8) is 0 Å². The smallest absolute Gasteiger partial charge is 0.243 e. The first-order valence-corrected chi connectivity index (χ1v) is 11.1. The number of carbonyl (C=O) groups is 1. The fraction of sp³-hybridized carbons (Fsp3) is 0.625. The lowest BCUT2D eigenvalue weighted by Crippen LogP contribution is -2.28. The Morgan fingerprint density at radius 3 is 2.66 bits per heavy atom. The van der Waals surface area contributed by atoms with Crippen molar-refractivity contribution < 1.29 is 19.8 Å². The maximum atomic E-state index is 11.0. The molecule has 2 unspecified atom stereocenters. The number of nitrogens with one attached hydrogen (secondary N) is 1. The number of amides is 1. The molecule has 160 valence electrons. The van der Waals surface area contributed by atoms with E-state index in [1.165, 1.54) is 5.56 Å². The topological polar surface area (TPSA) is 78.8 Å². The van der Waals surface area contributed by atoms with Crippen LogP contribution in [0, 0.1) is 11.8 Å². The molecule has 1 amide bonds. The van der Waals surface area contributed by atoms with Crippen LogP contribution in [-0.2, 0) is 9.53 Å². The molecule has 0 radical (unpaired) electrons. The summed E-state index contributed by atoms with van der Waals surface area (Å²) in [6, 6.07) is 10.2. The minimum absolute atomic E-state index is 0.144. The fourth-order valence-corrected chi connectivity index (χ4v) is 5.00. The normalized spacial score (nSPS) is 28.0. The number of hydrogen-bond donors (Lipinski definition) is 3. The second-order valence-corrected chi connectivity index (χ2v) is 8.60. The van der Waals surface area contributed by atoms with Gasteiger partial charge >= 0.3 is 0 Å². The number of aliphatic hydroxyl groups excluding tert-OH is 1. The largest absolute Gasteiger partial charge is 0.393 e. The highest BCUT2D eigenvalue weighted by atomic mass is 16.5. The van der Waals surface area contributed by atoms with Crippen molar-refractivity contribution in [1.82, 2.24) is 5.48 Å². The van der Waals surface area contributed by atoms with E-state index in [2.05, 4.69) is 31.2 Å². The highest BCUT2D eigenvalue weighted by Crippen LogP contribution is 2.47. The number of aliphatic hydroxyl groups is 1. The van der Waals surface area contributed by atoms with E-state index in [0.717, 1.165) is 44.9 Å². The van der Waals surface area contributed by atoms with Crippen molar-refractivity contribution in [2.75, 3.05) is 0 Å². The summed E-state index contributed by atoms with van der Waals surface area (Å²) in [6.45, 7) is 2.11. The van der Waals surface area contributed by atoms with Gasteiger partial charge in [0.1, 0.15) is 0 Å². The van der Waals surface area contributed by atoms with Crippen LogP contribution in [0.4, 0.5) is 0 Å². The summed E-state index contributed by atoms with van der Waals surface area (Å²) in [7, 11) is 0. The van der Waals surface area contributed by atoms with Gasteiger partial charge in [0.25, 0.3) is 0 Å². The Kier molecular flexibility index (Phi) is 8.28. The number of fused-ring (bicyclic) bond motifs is 2. The lowest BCUT2D eigenvalue weighted by molar-refractivity contribution is -0.129. The van der Waals surface area contributed by atoms with E-state index in [1.54, 1.807) is 5.48 Å². The Morgan fingerprint density at radius 1 is 1.21 bits per heavy atom. The van der Waals surface area contributed by atoms with Gasteiger partial charge in [0.15, 0.2) is 0 Å². The average Bonchev–Trinajstić information content (AvgIpc) is 3.36. The summed E-state index contributed by atoms with van der Waals surface area (Å²) in [5.41, 5.74) is 2.86. The highest BCUT2D eigenvalue weighted by Gasteiger charge is 2.47. The highest BCUT2D eigenvalue weighted by molar-refractivity contribution is 5.74. The van der Waals surface area contributed by atoms with Crippen LogP contribution < -0.4 is 5.48 Å². The van der Waals surface area contributed by atoms with E-state index in [0.29, 0.717) is 30.5 Å². The second-order valence-electron chi connectivity index (χ2n) is 8.60. The van der Waals surface area contributed by atoms with Gasteiger partial charge in [-0.3, -0.25) is 10.0 Å². The SMILES string of the molecule is CC(c1ccccc1)C(O)CC[C@@H]1[C@H](C/C=C\CCCC(=O)NO)[C@@H]2CC[C@H]1O2. The molecule has 1 aromatic rings. The summed E-state index contributed by atoms with van der Waals surface area (Å²) in [5, 5.41) is 19.2. The first-order chi connectivity index (χ1) is 14.1. The second kappa shape index (κ2) is 10.9. The molecule has 5 heteroatoms. The first kappa shape index (κ1) is 22.0. The van der Waals surface area contributed by atoms with Crippen LogP contribution in [0.15, 0.2) is 42.5 Å². The zero-order valence-corrected chi connectivity index (χ0v) is 17.4. The van der Waals surface area contributed by atoms with Crippen LogP contribution in [0.25, 0.3) is 0 Å². The molecule has 3 rings (SSSR count). The number of ether oxygens (including phenoxy) is 1. The van der Waals surface area contributed by atoms with Crippen molar-refractivity contribution in [2.45, 2.75) is 82.5 Å². The molecule has 2 aliphatic rings. The van der Waals surface area contributed by atoms with Crippen LogP contribution in [-0.4, -0.2) is 34.5 Å². The lowest BCUT2D eigenvalue weighted by atomic mass is 9.74. The van der Waals surface area contributed by atoms with Gasteiger partial charge in [0, 0.05) is 12.3 Å².